The summed E-state index contributed by atoms with van der Waals surface area (Å²) in [5.41, 5.74) is 1.74. The van der Waals surface area contributed by atoms with Crippen molar-refractivity contribution in [3.05, 3.63) is 71.2 Å². The van der Waals surface area contributed by atoms with Crippen molar-refractivity contribution >= 4 is 5.91 Å². The van der Waals surface area contributed by atoms with Crippen molar-refractivity contribution in [1.82, 2.24) is 5.32 Å². The fourth-order valence-corrected chi connectivity index (χ4v) is 3.07. The minimum atomic E-state index is -0.294. The summed E-state index contributed by atoms with van der Waals surface area (Å²) in [6.45, 7) is 0.367. The van der Waals surface area contributed by atoms with E-state index in [0.717, 1.165) is 16.9 Å². The Kier molecular flexibility index (Phi) is 6.85. The van der Waals surface area contributed by atoms with Gasteiger partial charge in [0.25, 0.3) is 5.91 Å². The van der Waals surface area contributed by atoms with Gasteiger partial charge in [-0.25, -0.2) is 0 Å². The summed E-state index contributed by atoms with van der Waals surface area (Å²) in [6.07, 6.45) is 0.402. The van der Waals surface area contributed by atoms with Gasteiger partial charge < -0.3 is 28.7 Å². The smallest absolute Gasteiger partial charge is 0.287 e. The Morgan fingerprint density at radius 3 is 2.20 bits per heavy atom. The molecule has 7 nitrogen and oxygen atoms in total. The number of rotatable bonds is 9. The highest BCUT2D eigenvalue weighted by Gasteiger charge is 2.17. The summed E-state index contributed by atoms with van der Waals surface area (Å²) in [4.78, 5) is 12.5. The number of methoxy groups -OCH3 is 4. The minimum absolute atomic E-state index is 0.236. The Bertz CT molecular complexity index is 985. The van der Waals surface area contributed by atoms with Crippen molar-refractivity contribution in [3.63, 3.8) is 0 Å². The maximum Gasteiger partial charge on any atom is 0.287 e. The molecule has 0 radical (unpaired) electrons. The predicted octanol–water partition coefficient (Wildman–Crippen LogP) is 3.83. The standard InChI is InChI=1S/C23H25NO6/c1-26-16-7-5-6-15(10-16)14-24-23(25)20-9-8-17(30-20)11-19-21(28-3)12-18(27-2)13-22(19)29-4/h5-10,12-13H,11,14H2,1-4H3,(H,24,25). The van der Waals surface area contributed by atoms with Crippen molar-refractivity contribution in [1.29, 1.82) is 0 Å². The van der Waals surface area contributed by atoms with Crippen LogP contribution in [-0.4, -0.2) is 34.3 Å². The van der Waals surface area contributed by atoms with Gasteiger partial charge in [-0.2, -0.15) is 0 Å². The number of carbonyl (C=O) groups excluding carboxylic acids is 1. The third kappa shape index (κ3) is 4.86. The van der Waals surface area contributed by atoms with Crippen molar-refractivity contribution in [2.24, 2.45) is 0 Å². The Labute approximate surface area is 175 Å². The molecule has 0 fully saturated rings. The second-order valence-corrected chi connectivity index (χ2v) is 6.49. The van der Waals surface area contributed by atoms with E-state index < -0.39 is 0 Å². The average Bonchev–Trinajstić information content (AvgIpc) is 3.26. The molecule has 1 amide bonds. The Balaban J connectivity index is 1.71. The molecule has 0 atom stereocenters. The molecule has 0 saturated carbocycles. The zero-order valence-corrected chi connectivity index (χ0v) is 17.5. The first-order chi connectivity index (χ1) is 14.6. The molecule has 0 unspecified atom stereocenters. The lowest BCUT2D eigenvalue weighted by molar-refractivity contribution is 0.0921. The highest BCUT2D eigenvalue weighted by atomic mass is 16.5. The fourth-order valence-electron chi connectivity index (χ4n) is 3.07. The van der Waals surface area contributed by atoms with Gasteiger partial charge in [-0.1, -0.05) is 12.1 Å². The van der Waals surface area contributed by atoms with Crippen LogP contribution in [0.1, 0.15) is 27.4 Å². The van der Waals surface area contributed by atoms with Gasteiger partial charge in [0.15, 0.2) is 5.76 Å². The van der Waals surface area contributed by atoms with E-state index in [-0.39, 0.29) is 11.7 Å². The molecule has 0 spiro atoms. The molecule has 0 aliphatic heterocycles. The first-order valence-corrected chi connectivity index (χ1v) is 9.36. The molecule has 1 N–H and O–H groups in total. The van der Waals surface area contributed by atoms with Gasteiger partial charge >= 0.3 is 0 Å². The van der Waals surface area contributed by atoms with E-state index in [0.29, 0.717) is 36.0 Å². The SMILES string of the molecule is COc1cccc(CNC(=O)c2ccc(Cc3c(OC)cc(OC)cc3OC)o2)c1. The molecule has 30 heavy (non-hydrogen) atoms. The number of nitrogens with one attached hydrogen (secondary N) is 1. The van der Waals surface area contributed by atoms with Gasteiger partial charge in [-0.3, -0.25) is 4.79 Å². The lowest BCUT2D eigenvalue weighted by Gasteiger charge is -2.14. The molecule has 0 aliphatic carbocycles. The van der Waals surface area contributed by atoms with Crippen LogP contribution < -0.4 is 24.3 Å². The first kappa shape index (κ1) is 21.1. The van der Waals surface area contributed by atoms with Crippen LogP contribution in [0, 0.1) is 0 Å². The maximum atomic E-state index is 12.5. The monoisotopic (exact) mass is 411 g/mol. The summed E-state index contributed by atoms with van der Waals surface area (Å²) >= 11 is 0. The lowest BCUT2D eigenvalue weighted by Crippen LogP contribution is -2.22. The number of hydrogen-bond acceptors (Lipinski definition) is 6. The van der Waals surface area contributed by atoms with Gasteiger partial charge in [0, 0.05) is 30.7 Å². The van der Waals surface area contributed by atoms with Gasteiger partial charge in [0.05, 0.1) is 28.4 Å². The molecular formula is C23H25NO6. The molecule has 1 aromatic heterocycles. The molecule has 3 aromatic rings. The van der Waals surface area contributed by atoms with Crippen molar-refractivity contribution in [2.45, 2.75) is 13.0 Å². The number of furan rings is 1. The Hall–Kier alpha value is -3.61. The van der Waals surface area contributed by atoms with Gasteiger partial charge in [0.2, 0.25) is 0 Å². The van der Waals surface area contributed by atoms with Crippen molar-refractivity contribution in [2.75, 3.05) is 28.4 Å². The molecule has 0 saturated heterocycles. The van der Waals surface area contributed by atoms with Gasteiger partial charge in [0.1, 0.15) is 28.8 Å². The molecule has 0 bridgehead atoms. The molecule has 158 valence electrons. The molecule has 2 aromatic carbocycles. The second-order valence-electron chi connectivity index (χ2n) is 6.49. The third-order valence-corrected chi connectivity index (χ3v) is 4.64. The van der Waals surface area contributed by atoms with Crippen LogP contribution in [0.2, 0.25) is 0 Å². The van der Waals surface area contributed by atoms with E-state index in [1.807, 2.05) is 24.3 Å². The average molecular weight is 411 g/mol. The highest BCUT2D eigenvalue weighted by Crippen LogP contribution is 2.35. The predicted molar refractivity (Wildman–Crippen MR) is 112 cm³/mol. The molecule has 0 aliphatic rings. The van der Waals surface area contributed by atoms with E-state index in [9.17, 15) is 4.79 Å². The second kappa shape index (κ2) is 9.73. The molecular weight excluding hydrogens is 386 g/mol. The normalized spacial score (nSPS) is 10.4. The quantitative estimate of drug-likeness (QED) is 0.576. The summed E-state index contributed by atoms with van der Waals surface area (Å²) in [6, 6.07) is 14.5. The lowest BCUT2D eigenvalue weighted by atomic mass is 10.1. The summed E-state index contributed by atoms with van der Waals surface area (Å²) in [5, 5.41) is 2.85. The minimum Gasteiger partial charge on any atom is -0.497 e. The van der Waals surface area contributed by atoms with Gasteiger partial charge in [-0.15, -0.1) is 0 Å². The van der Waals surface area contributed by atoms with Crippen LogP contribution in [0.3, 0.4) is 0 Å². The van der Waals surface area contributed by atoms with Crippen molar-refractivity contribution < 1.29 is 28.2 Å². The van der Waals surface area contributed by atoms with E-state index in [2.05, 4.69) is 5.32 Å². The number of hydrogen-bond donors (Lipinski definition) is 1. The van der Waals surface area contributed by atoms with E-state index in [1.165, 1.54) is 0 Å². The largest absolute Gasteiger partial charge is 0.497 e. The number of carbonyl (C=O) groups is 1. The summed E-state index contributed by atoms with van der Waals surface area (Å²) < 4.78 is 27.2. The molecule has 7 heteroatoms. The first-order valence-electron chi connectivity index (χ1n) is 9.36. The number of ether oxygens (including phenoxy) is 4. The zero-order valence-electron chi connectivity index (χ0n) is 17.5. The summed E-state index contributed by atoms with van der Waals surface area (Å²) in [7, 11) is 6.35. The third-order valence-electron chi connectivity index (χ3n) is 4.64. The fraction of sp³-hybridized carbons (Fsp3) is 0.261. The van der Waals surface area contributed by atoms with E-state index in [4.69, 9.17) is 23.4 Å². The van der Waals surface area contributed by atoms with Gasteiger partial charge in [-0.05, 0) is 29.8 Å². The molecule has 1 heterocycles. The van der Waals surface area contributed by atoms with Crippen LogP contribution in [-0.2, 0) is 13.0 Å². The van der Waals surface area contributed by atoms with Crippen LogP contribution in [0.25, 0.3) is 0 Å². The summed E-state index contributed by atoms with van der Waals surface area (Å²) in [5.74, 6) is 3.16. The van der Waals surface area contributed by atoms with Crippen LogP contribution in [0.4, 0.5) is 0 Å². The van der Waals surface area contributed by atoms with Crippen LogP contribution in [0.15, 0.2) is 52.9 Å². The van der Waals surface area contributed by atoms with E-state index in [1.54, 1.807) is 52.7 Å². The maximum absolute atomic E-state index is 12.5. The Morgan fingerprint density at radius 2 is 1.57 bits per heavy atom. The van der Waals surface area contributed by atoms with Crippen molar-refractivity contribution in [3.8, 4) is 23.0 Å². The van der Waals surface area contributed by atoms with Crippen LogP contribution in [0.5, 0.6) is 23.0 Å². The zero-order chi connectivity index (χ0) is 21.5. The van der Waals surface area contributed by atoms with Crippen LogP contribution >= 0.6 is 0 Å². The topological polar surface area (TPSA) is 79.2 Å². The number of amides is 1. The Morgan fingerprint density at radius 1 is 0.867 bits per heavy atom. The van der Waals surface area contributed by atoms with E-state index >= 15 is 0 Å². The molecule has 3 rings (SSSR count). The number of benzene rings is 2. The highest BCUT2D eigenvalue weighted by molar-refractivity contribution is 5.91.